The van der Waals surface area contributed by atoms with Crippen molar-refractivity contribution < 1.29 is 28.6 Å². The highest BCUT2D eigenvalue weighted by Gasteiger charge is 2.39. The predicted octanol–water partition coefficient (Wildman–Crippen LogP) is 2.34. The zero-order valence-electron chi connectivity index (χ0n) is 22.5. The van der Waals surface area contributed by atoms with Gasteiger partial charge in [-0.3, -0.25) is 9.80 Å². The maximum Gasteiger partial charge on any atom is 0.338 e. The topological polar surface area (TPSA) is 113 Å². The predicted molar refractivity (Wildman–Crippen MR) is 139 cm³/mol. The van der Waals surface area contributed by atoms with Crippen LogP contribution in [-0.4, -0.2) is 99.4 Å². The Morgan fingerprint density at radius 2 is 1.68 bits per heavy atom. The lowest BCUT2D eigenvalue weighted by Gasteiger charge is -2.40. The van der Waals surface area contributed by atoms with E-state index in [-0.39, 0.29) is 18.7 Å². The number of rotatable bonds is 10. The van der Waals surface area contributed by atoms with Crippen molar-refractivity contribution in [2.45, 2.75) is 33.2 Å². The van der Waals surface area contributed by atoms with E-state index in [1.165, 1.54) is 0 Å². The number of likely N-dealkylation sites (N-methyl/N-ethyl adjacent to an activating group) is 1. The van der Waals surface area contributed by atoms with Gasteiger partial charge in [-0.25, -0.2) is 14.4 Å². The number of amides is 4. The number of methoxy groups -OCH3 is 2. The number of hydrogen-bond donors (Lipinski definition) is 2. The Labute approximate surface area is 218 Å². The maximum atomic E-state index is 13.4. The number of piperazine rings is 1. The molecule has 0 unspecified atom stereocenters. The molecule has 0 saturated carbocycles. The first-order valence-electron chi connectivity index (χ1n) is 12.8. The Bertz CT molecular complexity index is 983. The van der Waals surface area contributed by atoms with Crippen LogP contribution in [0.25, 0.3) is 0 Å². The van der Waals surface area contributed by atoms with Crippen molar-refractivity contribution in [1.29, 1.82) is 0 Å². The first-order valence-corrected chi connectivity index (χ1v) is 12.8. The standard InChI is InChI=1S/C26H39N5O6/c1-6-9-27-25(33)30-12-10-29(11-13-30)17-21-22(24(32)37-8-3)23(28-26(34)31(21)7-2)18-14-19(35-4)16-20(15-18)36-5/h14-16,23H,6-13,17H2,1-5H3,(H,27,33)(H,28,34)/t23-/m0/s1. The van der Waals surface area contributed by atoms with Crippen molar-refractivity contribution in [3.8, 4) is 11.5 Å². The van der Waals surface area contributed by atoms with E-state index in [9.17, 15) is 14.4 Å². The van der Waals surface area contributed by atoms with Crippen LogP contribution >= 0.6 is 0 Å². The molecule has 11 heteroatoms. The molecule has 1 saturated heterocycles. The molecule has 2 N–H and O–H groups in total. The molecular weight excluding hydrogens is 478 g/mol. The number of benzene rings is 1. The zero-order valence-corrected chi connectivity index (χ0v) is 22.5. The first kappa shape index (κ1) is 28.1. The van der Waals surface area contributed by atoms with Gasteiger partial charge >= 0.3 is 18.0 Å². The van der Waals surface area contributed by atoms with Crippen molar-refractivity contribution in [3.05, 3.63) is 35.0 Å². The highest BCUT2D eigenvalue weighted by Crippen LogP contribution is 2.35. The van der Waals surface area contributed by atoms with Gasteiger partial charge in [0.1, 0.15) is 11.5 Å². The molecule has 11 nitrogen and oxygen atoms in total. The number of urea groups is 2. The molecule has 2 aliphatic rings. The molecule has 4 amide bonds. The number of esters is 1. The van der Waals surface area contributed by atoms with E-state index in [0.717, 1.165) is 6.42 Å². The van der Waals surface area contributed by atoms with Gasteiger partial charge in [-0.1, -0.05) is 6.92 Å². The van der Waals surface area contributed by atoms with Crippen LogP contribution in [0.4, 0.5) is 9.59 Å². The molecule has 3 rings (SSSR count). The van der Waals surface area contributed by atoms with Crippen molar-refractivity contribution in [1.82, 2.24) is 25.3 Å². The molecule has 204 valence electrons. The summed E-state index contributed by atoms with van der Waals surface area (Å²) < 4.78 is 16.3. The van der Waals surface area contributed by atoms with Gasteiger partial charge in [0.05, 0.1) is 32.4 Å². The molecule has 1 atom stereocenters. The van der Waals surface area contributed by atoms with Gasteiger partial charge in [-0.15, -0.1) is 0 Å². The van der Waals surface area contributed by atoms with E-state index in [0.29, 0.717) is 74.1 Å². The SMILES string of the molecule is CCCNC(=O)N1CCN(CC2=C(C(=O)OCC)[C@H](c3cc(OC)cc(OC)c3)NC(=O)N2CC)CC1. The smallest absolute Gasteiger partial charge is 0.338 e. The van der Waals surface area contributed by atoms with E-state index < -0.39 is 12.0 Å². The maximum absolute atomic E-state index is 13.4. The van der Waals surface area contributed by atoms with Gasteiger partial charge in [0.2, 0.25) is 0 Å². The van der Waals surface area contributed by atoms with Crippen LogP contribution in [-0.2, 0) is 9.53 Å². The van der Waals surface area contributed by atoms with Crippen LogP contribution in [0.1, 0.15) is 38.8 Å². The van der Waals surface area contributed by atoms with Crippen LogP contribution in [0.5, 0.6) is 11.5 Å². The summed E-state index contributed by atoms with van der Waals surface area (Å²) in [6.45, 7) is 9.61. The third-order valence-corrected chi connectivity index (χ3v) is 6.52. The molecule has 37 heavy (non-hydrogen) atoms. The van der Waals surface area contributed by atoms with Crippen LogP contribution in [0.3, 0.4) is 0 Å². The lowest BCUT2D eigenvalue weighted by molar-refractivity contribution is -0.139. The molecule has 1 aromatic rings. The van der Waals surface area contributed by atoms with Crippen LogP contribution < -0.4 is 20.1 Å². The van der Waals surface area contributed by atoms with E-state index in [1.54, 1.807) is 49.1 Å². The summed E-state index contributed by atoms with van der Waals surface area (Å²) in [7, 11) is 3.10. The van der Waals surface area contributed by atoms with Gasteiger partial charge in [0.25, 0.3) is 0 Å². The molecule has 0 aromatic heterocycles. The largest absolute Gasteiger partial charge is 0.497 e. The molecule has 1 fully saturated rings. The zero-order chi connectivity index (χ0) is 26.9. The number of nitrogens with zero attached hydrogens (tertiary/aromatic N) is 3. The summed E-state index contributed by atoms with van der Waals surface area (Å²) >= 11 is 0. The summed E-state index contributed by atoms with van der Waals surface area (Å²) in [6.07, 6.45) is 0.881. The van der Waals surface area contributed by atoms with E-state index >= 15 is 0 Å². The summed E-state index contributed by atoms with van der Waals surface area (Å²) in [5.74, 6) is 0.604. The fraction of sp³-hybridized carbons (Fsp3) is 0.577. The van der Waals surface area contributed by atoms with Gasteiger partial charge < -0.3 is 29.7 Å². The van der Waals surface area contributed by atoms with Crippen molar-refractivity contribution in [2.24, 2.45) is 0 Å². The molecule has 2 heterocycles. The average Bonchev–Trinajstić information content (AvgIpc) is 2.91. The normalized spacial score (nSPS) is 18.4. The van der Waals surface area contributed by atoms with Crippen molar-refractivity contribution >= 4 is 18.0 Å². The van der Waals surface area contributed by atoms with Crippen molar-refractivity contribution in [3.63, 3.8) is 0 Å². The summed E-state index contributed by atoms with van der Waals surface area (Å²) in [4.78, 5) is 44.5. The Morgan fingerprint density at radius 3 is 2.22 bits per heavy atom. The quantitative estimate of drug-likeness (QED) is 0.458. The highest BCUT2D eigenvalue weighted by molar-refractivity contribution is 5.95. The average molecular weight is 518 g/mol. The number of carbonyl (C=O) groups is 3. The second-order valence-corrected chi connectivity index (χ2v) is 8.85. The van der Waals surface area contributed by atoms with Gasteiger partial charge in [0.15, 0.2) is 0 Å². The molecule has 1 aromatic carbocycles. The monoisotopic (exact) mass is 517 g/mol. The molecule has 0 aliphatic carbocycles. The van der Waals surface area contributed by atoms with Gasteiger partial charge in [0, 0.05) is 57.6 Å². The molecule has 2 aliphatic heterocycles. The number of hydrogen-bond acceptors (Lipinski definition) is 7. The first-order chi connectivity index (χ1) is 17.9. The van der Waals surface area contributed by atoms with Crippen LogP contribution in [0.15, 0.2) is 29.5 Å². The molecular formula is C26H39N5O6. The van der Waals surface area contributed by atoms with E-state index in [1.807, 2.05) is 13.8 Å². The number of ether oxygens (including phenoxy) is 3. The Balaban J connectivity index is 1.96. The summed E-state index contributed by atoms with van der Waals surface area (Å²) in [6, 6.07) is 4.19. The minimum absolute atomic E-state index is 0.0628. The second-order valence-electron chi connectivity index (χ2n) is 8.85. The molecule has 0 spiro atoms. The minimum atomic E-state index is -0.741. The Hall–Kier alpha value is -3.47. The van der Waals surface area contributed by atoms with Crippen LogP contribution in [0.2, 0.25) is 0 Å². The lowest BCUT2D eigenvalue weighted by atomic mass is 9.93. The lowest BCUT2D eigenvalue weighted by Crippen LogP contribution is -2.55. The second kappa shape index (κ2) is 13.2. The summed E-state index contributed by atoms with van der Waals surface area (Å²) in [5, 5.41) is 5.89. The molecule has 0 radical (unpaired) electrons. The third kappa shape index (κ3) is 6.65. The fourth-order valence-corrected chi connectivity index (χ4v) is 4.57. The van der Waals surface area contributed by atoms with Gasteiger partial charge in [-0.05, 0) is 38.0 Å². The Morgan fingerprint density at radius 1 is 1.03 bits per heavy atom. The Kier molecular flexibility index (Phi) is 10.0. The summed E-state index contributed by atoms with van der Waals surface area (Å²) in [5.41, 5.74) is 1.63. The number of carbonyl (C=O) groups excluding carboxylic acids is 3. The third-order valence-electron chi connectivity index (χ3n) is 6.52. The highest BCUT2D eigenvalue weighted by atomic mass is 16.5. The number of nitrogens with one attached hydrogen (secondary N) is 2. The van der Waals surface area contributed by atoms with Crippen LogP contribution in [0, 0.1) is 0 Å². The van der Waals surface area contributed by atoms with E-state index in [4.69, 9.17) is 14.2 Å². The minimum Gasteiger partial charge on any atom is -0.497 e. The molecule has 0 bridgehead atoms. The van der Waals surface area contributed by atoms with Gasteiger partial charge in [-0.2, -0.15) is 0 Å². The fourth-order valence-electron chi connectivity index (χ4n) is 4.57. The van der Waals surface area contributed by atoms with Crippen molar-refractivity contribution in [2.75, 3.05) is 66.6 Å². The van der Waals surface area contributed by atoms with E-state index in [2.05, 4.69) is 15.5 Å².